The lowest BCUT2D eigenvalue weighted by Crippen LogP contribution is -2.56. The molecule has 0 aliphatic rings. The zero-order valence-corrected chi connectivity index (χ0v) is 36.7. The minimum absolute atomic E-state index is 0.0349. The highest BCUT2D eigenvalue weighted by Crippen LogP contribution is 2.18. The Labute approximate surface area is 335 Å². The van der Waals surface area contributed by atoms with E-state index in [-0.39, 0.29) is 104 Å². The first kappa shape index (κ1) is 55.1. The number of hydrogen-bond donors (Lipinski definition) is 2. The molecule has 0 radical (unpaired) electrons. The van der Waals surface area contributed by atoms with Crippen LogP contribution in [0.15, 0.2) is 0 Å². The molecule has 0 saturated carbocycles. The first-order valence-corrected chi connectivity index (χ1v) is 19.3. The van der Waals surface area contributed by atoms with Crippen LogP contribution in [0, 0.1) is 0 Å². The summed E-state index contributed by atoms with van der Waals surface area (Å²) in [5, 5.41) is 19.7. The van der Waals surface area contributed by atoms with Gasteiger partial charge in [-0.3, -0.25) is 67.8 Å². The fourth-order valence-corrected chi connectivity index (χ4v) is 6.06. The Balaban J connectivity index is 0. The molecule has 0 bridgehead atoms. The van der Waals surface area contributed by atoms with Gasteiger partial charge in [-0.15, -0.1) is 0 Å². The van der Waals surface area contributed by atoms with Crippen LogP contribution in [0.2, 0.25) is 0 Å². The van der Waals surface area contributed by atoms with Crippen LogP contribution in [0.3, 0.4) is 0 Å². The Hall–Kier alpha value is -2.96. The second-order valence-electron chi connectivity index (χ2n) is 16.6. The van der Waals surface area contributed by atoms with Crippen LogP contribution in [-0.2, 0) is 38.4 Å². The molecule has 0 spiro atoms. The molecule has 16 heteroatoms. The molecule has 0 aromatic carbocycles. The summed E-state index contributed by atoms with van der Waals surface area (Å²) in [6.07, 6.45) is -1.62. The number of ketones is 8. The van der Waals surface area contributed by atoms with Crippen molar-refractivity contribution < 1.29 is 48.6 Å². The molecule has 0 heterocycles. The van der Waals surface area contributed by atoms with Gasteiger partial charge in [-0.2, -0.15) is 0 Å². The molecule has 0 amide bonds. The largest absolute Gasteiger partial charge is 0.367 e. The van der Waals surface area contributed by atoms with Gasteiger partial charge in [-0.1, -0.05) is 0 Å². The van der Waals surface area contributed by atoms with Crippen molar-refractivity contribution >= 4 is 46.3 Å². The van der Waals surface area contributed by atoms with Crippen molar-refractivity contribution in [3.63, 3.8) is 0 Å². The average molecular weight is 799 g/mol. The lowest BCUT2D eigenvalue weighted by Gasteiger charge is -2.41. The summed E-state index contributed by atoms with van der Waals surface area (Å²) in [7, 11) is 0. The zero-order valence-electron chi connectivity index (χ0n) is 36.7. The van der Waals surface area contributed by atoms with Crippen molar-refractivity contribution in [2.75, 3.05) is 105 Å². The van der Waals surface area contributed by atoms with Gasteiger partial charge >= 0.3 is 0 Å². The van der Waals surface area contributed by atoms with Gasteiger partial charge in [-0.25, -0.2) is 0 Å². The zero-order chi connectivity index (χ0) is 44.0. The van der Waals surface area contributed by atoms with E-state index in [0.717, 1.165) is 0 Å². The van der Waals surface area contributed by atoms with Crippen molar-refractivity contribution in [2.45, 2.75) is 107 Å². The van der Waals surface area contributed by atoms with E-state index in [1.165, 1.54) is 55.4 Å². The molecule has 16 nitrogen and oxygen atoms in total. The Morgan fingerprint density at radius 2 is 0.536 bits per heavy atom. The van der Waals surface area contributed by atoms with E-state index in [0.29, 0.717) is 52.4 Å². The highest BCUT2D eigenvalue weighted by Gasteiger charge is 2.34. The van der Waals surface area contributed by atoms with Gasteiger partial charge in [-0.05, 0) is 90.0 Å². The summed E-state index contributed by atoms with van der Waals surface area (Å²) in [6.45, 7) is 27.3. The van der Waals surface area contributed by atoms with Crippen molar-refractivity contribution in [1.82, 2.24) is 29.4 Å². The molecule has 0 atom stereocenters. The van der Waals surface area contributed by atoms with E-state index >= 15 is 0 Å². The van der Waals surface area contributed by atoms with Crippen LogP contribution in [0.25, 0.3) is 0 Å². The van der Waals surface area contributed by atoms with Crippen LogP contribution in [0.4, 0.5) is 0 Å². The Morgan fingerprint density at radius 3 is 0.679 bits per heavy atom. The fourth-order valence-electron chi connectivity index (χ4n) is 6.06. The summed E-state index contributed by atoms with van der Waals surface area (Å²) in [5.74, 6) is -0.107. The van der Waals surface area contributed by atoms with E-state index in [2.05, 4.69) is 25.7 Å². The monoisotopic (exact) mass is 799 g/mol. The maximum Gasteiger partial charge on any atom is 0.169 e. The number of hydrogen-bond acceptors (Lipinski definition) is 16. The van der Waals surface area contributed by atoms with Gasteiger partial charge < -0.3 is 10.2 Å². The molecular formula is C40H74N6O10. The van der Waals surface area contributed by atoms with E-state index in [4.69, 9.17) is 0 Å². The van der Waals surface area contributed by atoms with Gasteiger partial charge in [0.05, 0.1) is 57.9 Å². The quantitative estimate of drug-likeness (QED) is 0.0946. The van der Waals surface area contributed by atoms with Crippen LogP contribution >= 0.6 is 0 Å². The van der Waals surface area contributed by atoms with Crippen LogP contribution in [0.1, 0.15) is 90.0 Å². The third-order valence-corrected chi connectivity index (χ3v) is 8.71. The number of aliphatic hydroxyl groups is 2. The summed E-state index contributed by atoms with van der Waals surface area (Å²) in [6, 6.07) is 0. The third kappa shape index (κ3) is 28.4. The van der Waals surface area contributed by atoms with Gasteiger partial charge in [0, 0.05) is 57.9 Å². The Kier molecular flexibility index (Phi) is 27.2. The summed E-state index contributed by atoms with van der Waals surface area (Å²) in [5.41, 5.74) is -1.12. The Morgan fingerprint density at radius 1 is 0.357 bits per heavy atom. The third-order valence-electron chi connectivity index (χ3n) is 8.71. The Bertz CT molecular complexity index is 1150. The van der Waals surface area contributed by atoms with Gasteiger partial charge in [0.1, 0.15) is 46.3 Å². The molecule has 0 aliphatic heterocycles. The summed E-state index contributed by atoms with van der Waals surface area (Å²) < 4.78 is 0. The van der Waals surface area contributed by atoms with E-state index in [1.54, 1.807) is 23.6 Å². The highest BCUT2D eigenvalue weighted by atomic mass is 16.5. The van der Waals surface area contributed by atoms with E-state index in [1.807, 2.05) is 14.7 Å². The second kappa shape index (κ2) is 27.6. The summed E-state index contributed by atoms with van der Waals surface area (Å²) in [4.78, 5) is 103. The second-order valence-corrected chi connectivity index (χ2v) is 16.6. The molecular weight excluding hydrogens is 724 g/mol. The smallest absolute Gasteiger partial charge is 0.169 e. The number of carbonyl (C=O) groups excluding carboxylic acids is 8. The number of Topliss-reactive ketones (excluding diaryl/α,β-unsaturated/α-hetero) is 8. The molecule has 0 fully saturated rings. The molecule has 0 unspecified atom stereocenters. The molecule has 0 aromatic heterocycles. The van der Waals surface area contributed by atoms with Crippen molar-refractivity contribution in [1.29, 1.82) is 0 Å². The number of carbonyl (C=O) groups is 8. The van der Waals surface area contributed by atoms with Gasteiger partial charge in [0.15, 0.2) is 6.29 Å². The maximum absolute atomic E-state index is 11.5. The van der Waals surface area contributed by atoms with Crippen LogP contribution < -0.4 is 0 Å². The predicted octanol–water partition coefficient (Wildman–Crippen LogP) is 0.385. The SMILES string of the molecule is CC(=O)CN(CCN(CCN(CC(C)=O)CC(C)=O)C(C)(C)C(O)O)CC(C)=O.CC(=O)CN(CCN(CCN(CC(C)=O)CC(C)=O)C(C)(C)C)CC(C)=O. The first-order chi connectivity index (χ1) is 25.6. The van der Waals surface area contributed by atoms with Crippen LogP contribution in [-0.4, -0.2) is 208 Å². The number of nitrogens with zero attached hydrogens (tertiary/aromatic N) is 6. The standard InChI is InChI=1S/C20H37N3O6.C20H37N3O4/c1-15(24)11-21(12-16(2)25)7-9-23(20(5,6)19(28)29)10-8-22(13-17(3)26)14-18(4)27;1-16(24)12-21(13-17(2)25)8-10-23(20(5,6)7)11-9-22(14-18(3)26)15-19(4)27/h19,28-29H,7-14H2,1-6H3;8-15H2,1-7H3. The lowest BCUT2D eigenvalue weighted by atomic mass is 10.0. The van der Waals surface area contributed by atoms with Gasteiger partial charge in [0.25, 0.3) is 0 Å². The van der Waals surface area contributed by atoms with Crippen molar-refractivity contribution in [3.05, 3.63) is 0 Å². The van der Waals surface area contributed by atoms with E-state index in [9.17, 15) is 48.6 Å². The molecule has 0 saturated heterocycles. The molecule has 0 rings (SSSR count). The normalized spacial score (nSPS) is 12.2. The maximum atomic E-state index is 11.5. The molecule has 324 valence electrons. The average Bonchev–Trinajstić information content (AvgIpc) is 2.97. The summed E-state index contributed by atoms with van der Waals surface area (Å²) >= 11 is 0. The number of aliphatic hydroxyl groups excluding tert-OH is 1. The first-order valence-electron chi connectivity index (χ1n) is 19.3. The van der Waals surface area contributed by atoms with Crippen molar-refractivity contribution in [2.24, 2.45) is 0 Å². The molecule has 0 aliphatic carbocycles. The van der Waals surface area contributed by atoms with Gasteiger partial charge in [0.2, 0.25) is 0 Å². The van der Waals surface area contributed by atoms with E-state index < -0.39 is 11.8 Å². The van der Waals surface area contributed by atoms with Crippen molar-refractivity contribution in [3.8, 4) is 0 Å². The fraction of sp³-hybridized carbons (Fsp3) is 0.800. The van der Waals surface area contributed by atoms with Crippen LogP contribution in [0.5, 0.6) is 0 Å². The predicted molar refractivity (Wildman–Crippen MR) is 216 cm³/mol. The molecule has 56 heavy (non-hydrogen) atoms. The minimum atomic E-state index is -1.62. The molecule has 0 aromatic rings. The topological polar surface area (TPSA) is 196 Å². The lowest BCUT2D eigenvalue weighted by molar-refractivity contribution is -0.142. The number of rotatable bonds is 30. The highest BCUT2D eigenvalue weighted by molar-refractivity contribution is 5.82. The minimum Gasteiger partial charge on any atom is -0.367 e. The molecule has 2 N–H and O–H groups in total.